The molecule has 24 heavy (non-hydrogen) atoms. The van der Waals surface area contributed by atoms with Crippen LogP contribution in [0.3, 0.4) is 0 Å². The Hall–Kier alpha value is -2.11. The highest BCUT2D eigenvalue weighted by Crippen LogP contribution is 2.31. The Balaban J connectivity index is 1.51. The van der Waals surface area contributed by atoms with Crippen LogP contribution in [-0.2, 0) is 4.79 Å². The first-order valence-corrected chi connectivity index (χ1v) is 9.59. The fourth-order valence-corrected chi connectivity index (χ4v) is 4.89. The zero-order valence-corrected chi connectivity index (χ0v) is 14.5. The normalized spacial score (nSPS) is 16.5. The van der Waals surface area contributed by atoms with E-state index in [2.05, 4.69) is 21.6 Å². The van der Waals surface area contributed by atoms with Gasteiger partial charge in [-0.3, -0.25) is 9.20 Å². The fraction of sp³-hybridized carbons (Fsp3) is 0.375. The monoisotopic (exact) mass is 357 g/mol. The number of aromatic nitrogens is 3. The predicted octanol–water partition coefficient (Wildman–Crippen LogP) is 2.99. The number of para-hydroxylation sites is 1. The van der Waals surface area contributed by atoms with Crippen LogP contribution in [0, 0.1) is 11.3 Å². The number of amides is 1. The summed E-state index contributed by atoms with van der Waals surface area (Å²) in [6.45, 7) is 0. The highest BCUT2D eigenvalue weighted by atomic mass is 32.2. The quantitative estimate of drug-likeness (QED) is 0.726. The van der Waals surface area contributed by atoms with Crippen LogP contribution in [0.2, 0.25) is 0 Å². The van der Waals surface area contributed by atoms with E-state index in [1.54, 1.807) is 11.3 Å². The summed E-state index contributed by atoms with van der Waals surface area (Å²) in [7, 11) is 0. The van der Waals surface area contributed by atoms with Crippen molar-refractivity contribution in [3.8, 4) is 6.07 Å². The highest BCUT2D eigenvalue weighted by molar-refractivity contribution is 7.99. The Kier molecular flexibility index (Phi) is 3.90. The number of thiazole rings is 1. The molecule has 1 N–H and O–H groups in total. The minimum absolute atomic E-state index is 0.125. The molecule has 0 atom stereocenters. The zero-order valence-electron chi connectivity index (χ0n) is 12.9. The Morgan fingerprint density at radius 1 is 1.38 bits per heavy atom. The minimum atomic E-state index is -0.674. The third-order valence-corrected chi connectivity index (χ3v) is 6.23. The molecule has 1 saturated carbocycles. The van der Waals surface area contributed by atoms with Gasteiger partial charge in [0.05, 0.1) is 22.0 Å². The van der Waals surface area contributed by atoms with Gasteiger partial charge in [-0.25, -0.2) is 0 Å². The van der Waals surface area contributed by atoms with E-state index < -0.39 is 5.54 Å². The van der Waals surface area contributed by atoms with Crippen LogP contribution in [0.1, 0.15) is 25.7 Å². The number of fused-ring (bicyclic) bond motifs is 3. The van der Waals surface area contributed by atoms with E-state index in [1.807, 2.05) is 28.7 Å². The number of hydrogen-bond donors (Lipinski definition) is 1. The first kappa shape index (κ1) is 15.4. The van der Waals surface area contributed by atoms with Gasteiger partial charge in [-0.1, -0.05) is 35.2 Å². The first-order valence-electron chi connectivity index (χ1n) is 7.78. The lowest BCUT2D eigenvalue weighted by atomic mass is 10.0. The fourth-order valence-electron chi connectivity index (χ4n) is 3.13. The van der Waals surface area contributed by atoms with Crippen molar-refractivity contribution in [3.63, 3.8) is 0 Å². The Labute approximate surface area is 146 Å². The van der Waals surface area contributed by atoms with E-state index in [0.717, 1.165) is 40.9 Å². The standard InChI is InChI=1S/C16H15N5OS2/c17-10-16(7-3-4-8-16)18-13(22)9-23-14-19-20-15-21(14)11-5-1-2-6-12(11)24-15/h1-2,5-6H,3-4,7-9H2,(H,18,22). The van der Waals surface area contributed by atoms with Crippen molar-refractivity contribution in [1.29, 1.82) is 5.26 Å². The second kappa shape index (κ2) is 6.07. The van der Waals surface area contributed by atoms with Crippen molar-refractivity contribution in [3.05, 3.63) is 24.3 Å². The molecule has 4 rings (SSSR count). The maximum absolute atomic E-state index is 12.3. The molecule has 1 aliphatic rings. The smallest absolute Gasteiger partial charge is 0.231 e. The van der Waals surface area contributed by atoms with Gasteiger partial charge >= 0.3 is 0 Å². The van der Waals surface area contributed by atoms with Crippen molar-refractivity contribution in [1.82, 2.24) is 19.9 Å². The number of hydrogen-bond acceptors (Lipinski definition) is 6. The second-order valence-corrected chi connectivity index (χ2v) is 7.86. The average Bonchev–Trinajstić information content (AvgIpc) is 3.28. The van der Waals surface area contributed by atoms with Gasteiger partial charge in [0.15, 0.2) is 5.16 Å². The van der Waals surface area contributed by atoms with Crippen LogP contribution < -0.4 is 5.32 Å². The summed E-state index contributed by atoms with van der Waals surface area (Å²) in [5.74, 6) is 0.105. The molecule has 1 aromatic carbocycles. The molecule has 0 saturated heterocycles. The third-order valence-electron chi connectivity index (χ3n) is 4.29. The lowest BCUT2D eigenvalue weighted by Gasteiger charge is -2.21. The molecular weight excluding hydrogens is 342 g/mol. The maximum Gasteiger partial charge on any atom is 0.231 e. The molecule has 0 unspecified atom stereocenters. The van der Waals surface area contributed by atoms with Crippen molar-refractivity contribution >= 4 is 44.2 Å². The first-order chi connectivity index (χ1) is 11.7. The molecule has 0 aliphatic heterocycles. The van der Waals surface area contributed by atoms with Gasteiger partial charge in [-0.15, -0.1) is 10.2 Å². The molecule has 0 bridgehead atoms. The summed E-state index contributed by atoms with van der Waals surface area (Å²) in [5, 5.41) is 21.3. The number of carbonyl (C=O) groups excluding carboxylic acids is 1. The number of nitrogens with one attached hydrogen (secondary N) is 1. The molecule has 2 heterocycles. The van der Waals surface area contributed by atoms with Gasteiger partial charge in [0.2, 0.25) is 10.9 Å². The lowest BCUT2D eigenvalue weighted by molar-refractivity contribution is -0.119. The van der Waals surface area contributed by atoms with Gasteiger partial charge in [-0.05, 0) is 37.8 Å². The number of nitrogens with zero attached hydrogens (tertiary/aromatic N) is 4. The van der Waals surface area contributed by atoms with E-state index in [-0.39, 0.29) is 11.7 Å². The van der Waals surface area contributed by atoms with Crippen LogP contribution in [0.4, 0.5) is 0 Å². The van der Waals surface area contributed by atoms with Gasteiger partial charge in [0, 0.05) is 0 Å². The van der Waals surface area contributed by atoms with Gasteiger partial charge < -0.3 is 5.32 Å². The van der Waals surface area contributed by atoms with Crippen molar-refractivity contribution < 1.29 is 4.79 Å². The lowest BCUT2D eigenvalue weighted by Crippen LogP contribution is -2.45. The molecule has 8 heteroatoms. The number of thioether (sulfide) groups is 1. The van der Waals surface area contributed by atoms with Crippen LogP contribution >= 0.6 is 23.1 Å². The summed E-state index contributed by atoms with van der Waals surface area (Å²) in [5.41, 5.74) is 0.377. The van der Waals surface area contributed by atoms with E-state index in [4.69, 9.17) is 0 Å². The number of rotatable bonds is 4. The summed E-state index contributed by atoms with van der Waals surface area (Å²) in [6, 6.07) is 10.3. The van der Waals surface area contributed by atoms with Crippen molar-refractivity contribution in [2.45, 2.75) is 36.4 Å². The van der Waals surface area contributed by atoms with E-state index in [1.165, 1.54) is 11.8 Å². The predicted molar refractivity (Wildman–Crippen MR) is 94.0 cm³/mol. The van der Waals surface area contributed by atoms with Gasteiger partial charge in [0.25, 0.3) is 0 Å². The SMILES string of the molecule is N#CC1(NC(=O)CSc2nnc3sc4ccccc4n23)CCCC1. The maximum atomic E-state index is 12.3. The summed E-state index contributed by atoms with van der Waals surface area (Å²) in [6.07, 6.45) is 3.47. The molecule has 6 nitrogen and oxygen atoms in total. The van der Waals surface area contributed by atoms with Crippen LogP contribution in [0.5, 0.6) is 0 Å². The van der Waals surface area contributed by atoms with Gasteiger partial charge in [0.1, 0.15) is 5.54 Å². The Bertz CT molecular complexity index is 948. The van der Waals surface area contributed by atoms with Crippen LogP contribution in [-0.4, -0.2) is 31.8 Å². The minimum Gasteiger partial charge on any atom is -0.337 e. The van der Waals surface area contributed by atoms with Crippen LogP contribution in [0.15, 0.2) is 29.4 Å². The molecule has 1 fully saturated rings. The molecule has 2 aromatic heterocycles. The molecule has 122 valence electrons. The molecule has 0 radical (unpaired) electrons. The van der Waals surface area contributed by atoms with E-state index in [9.17, 15) is 10.1 Å². The zero-order chi connectivity index (χ0) is 16.6. The van der Waals surface area contributed by atoms with Crippen LogP contribution in [0.25, 0.3) is 15.2 Å². The Morgan fingerprint density at radius 2 is 2.17 bits per heavy atom. The second-order valence-electron chi connectivity index (χ2n) is 5.91. The topological polar surface area (TPSA) is 83.1 Å². The molecular formula is C16H15N5OS2. The summed E-state index contributed by atoms with van der Waals surface area (Å²) in [4.78, 5) is 13.1. The number of benzene rings is 1. The Morgan fingerprint density at radius 3 is 2.96 bits per heavy atom. The largest absolute Gasteiger partial charge is 0.337 e. The van der Waals surface area contributed by atoms with Crippen molar-refractivity contribution in [2.24, 2.45) is 0 Å². The number of nitriles is 1. The number of carbonyl (C=O) groups is 1. The molecule has 3 aromatic rings. The third kappa shape index (κ3) is 2.64. The summed E-state index contributed by atoms with van der Waals surface area (Å²) < 4.78 is 3.12. The van der Waals surface area contributed by atoms with E-state index >= 15 is 0 Å². The van der Waals surface area contributed by atoms with Crippen molar-refractivity contribution in [2.75, 3.05) is 5.75 Å². The van der Waals surface area contributed by atoms with Gasteiger partial charge in [-0.2, -0.15) is 5.26 Å². The molecule has 1 amide bonds. The highest BCUT2D eigenvalue weighted by Gasteiger charge is 2.35. The average molecular weight is 357 g/mol. The summed E-state index contributed by atoms with van der Waals surface area (Å²) >= 11 is 2.93. The molecule has 0 spiro atoms. The van der Waals surface area contributed by atoms with E-state index in [0.29, 0.717) is 5.16 Å². The molecule has 1 aliphatic carbocycles.